The van der Waals surface area contributed by atoms with E-state index < -0.39 is 9.89 Å². The van der Waals surface area contributed by atoms with E-state index in [0.717, 1.165) is 0 Å². The summed E-state index contributed by atoms with van der Waals surface area (Å²) in [7, 11) is 0. The fraction of sp³-hybridized carbons (Fsp3) is 0.200. The molecule has 0 fully saturated rings. The van der Waals surface area contributed by atoms with Crippen LogP contribution < -0.4 is 10.5 Å². The molecule has 0 radical (unpaired) electrons. The van der Waals surface area contributed by atoms with Gasteiger partial charge >= 0.3 is 6.09 Å². The monoisotopic (exact) mass is 450 g/mol. The third kappa shape index (κ3) is 5.15. The van der Waals surface area contributed by atoms with Crippen LogP contribution in [0, 0.1) is 13.8 Å². The van der Waals surface area contributed by atoms with Gasteiger partial charge in [0.25, 0.3) is 0 Å². The van der Waals surface area contributed by atoms with Gasteiger partial charge in [0.05, 0.1) is 5.69 Å². The van der Waals surface area contributed by atoms with Gasteiger partial charge in [0, 0.05) is 35.5 Å². The predicted molar refractivity (Wildman–Crippen MR) is 114 cm³/mol. The minimum Gasteiger partial charge on any atom is -0.408 e. The lowest BCUT2D eigenvalue weighted by atomic mass is 9.97. The number of nitrogens with zero attached hydrogens (tertiary/aromatic N) is 3. The molecule has 3 aromatic rings. The number of carbonyl (C=O) groups is 1. The Labute approximate surface area is 183 Å². The number of nitrogens with two attached hydrogens (primary N) is 1. The van der Waals surface area contributed by atoms with Crippen LogP contribution in [0.1, 0.15) is 17.0 Å². The number of hydrogen-bond acceptors (Lipinski definition) is 5. The fourth-order valence-corrected chi connectivity index (χ4v) is 3.31. The molecule has 0 bridgehead atoms. The van der Waals surface area contributed by atoms with Crippen LogP contribution in [0.2, 0.25) is 0 Å². The van der Waals surface area contributed by atoms with E-state index in [1.807, 2.05) is 30.3 Å². The second-order valence-corrected chi connectivity index (χ2v) is 8.86. The van der Waals surface area contributed by atoms with Gasteiger partial charge < -0.3 is 10.5 Å². The summed E-state index contributed by atoms with van der Waals surface area (Å²) in [6.07, 6.45) is 2.33. The van der Waals surface area contributed by atoms with Gasteiger partial charge in [-0.3, -0.25) is 0 Å². The number of primary amides is 1. The standard InChI is InChI=1S/C20H17Cl3N4O2/c1-11-15(8-20(21,22)23)18(29-19(24)28)17(13-6-4-3-5-7-13)27-16(11)14-9-25-12(2)26-10-14/h3-7,9-10H,8H2,1-2H3,(H2,24,28). The Hall–Kier alpha value is -2.41. The second kappa shape index (κ2) is 8.53. The number of carbonyl (C=O) groups excluding carboxylic acids is 1. The average Bonchev–Trinajstić information content (AvgIpc) is 2.65. The fourth-order valence-electron chi connectivity index (χ4n) is 2.91. The van der Waals surface area contributed by atoms with Gasteiger partial charge in [0.15, 0.2) is 9.54 Å². The van der Waals surface area contributed by atoms with Crippen molar-refractivity contribution in [2.45, 2.75) is 24.1 Å². The molecule has 2 aromatic heterocycles. The molecule has 0 unspecified atom stereocenters. The number of rotatable bonds is 4. The maximum atomic E-state index is 11.6. The Kier molecular flexibility index (Phi) is 6.27. The number of pyridine rings is 1. The molecule has 9 heteroatoms. The summed E-state index contributed by atoms with van der Waals surface area (Å²) in [5.74, 6) is 0.786. The van der Waals surface area contributed by atoms with Crippen LogP contribution in [-0.4, -0.2) is 24.8 Å². The summed E-state index contributed by atoms with van der Waals surface area (Å²) in [5, 5.41) is 0. The van der Waals surface area contributed by atoms with Crippen molar-refractivity contribution < 1.29 is 9.53 Å². The van der Waals surface area contributed by atoms with Crippen molar-refractivity contribution in [3.8, 4) is 28.3 Å². The molecule has 150 valence electrons. The Morgan fingerprint density at radius 2 is 1.66 bits per heavy atom. The Bertz CT molecular complexity index is 1040. The number of halogens is 3. The van der Waals surface area contributed by atoms with Crippen molar-refractivity contribution in [2.24, 2.45) is 5.73 Å². The van der Waals surface area contributed by atoms with Crippen molar-refractivity contribution in [1.82, 2.24) is 15.0 Å². The molecule has 0 saturated heterocycles. The molecule has 6 nitrogen and oxygen atoms in total. The summed E-state index contributed by atoms with van der Waals surface area (Å²) < 4.78 is 3.71. The van der Waals surface area contributed by atoms with E-state index in [1.165, 1.54) is 0 Å². The molecule has 0 aliphatic rings. The molecular formula is C20H17Cl3N4O2. The van der Waals surface area contributed by atoms with E-state index in [-0.39, 0.29) is 12.2 Å². The van der Waals surface area contributed by atoms with Crippen molar-refractivity contribution >= 4 is 40.9 Å². The zero-order chi connectivity index (χ0) is 21.2. The number of aromatic nitrogens is 3. The summed E-state index contributed by atoms with van der Waals surface area (Å²) in [5.41, 5.74) is 8.87. The SMILES string of the molecule is Cc1ncc(-c2nc(-c3ccccc3)c(OC(N)=O)c(CC(Cl)(Cl)Cl)c2C)cn1. The molecule has 3 rings (SSSR count). The van der Waals surface area contributed by atoms with Crippen molar-refractivity contribution in [2.75, 3.05) is 0 Å². The zero-order valence-electron chi connectivity index (χ0n) is 15.6. The zero-order valence-corrected chi connectivity index (χ0v) is 17.9. The highest BCUT2D eigenvalue weighted by molar-refractivity contribution is 6.67. The van der Waals surface area contributed by atoms with Crippen molar-refractivity contribution in [3.05, 3.63) is 59.7 Å². The lowest BCUT2D eigenvalue weighted by Gasteiger charge is -2.21. The van der Waals surface area contributed by atoms with E-state index >= 15 is 0 Å². The molecule has 0 spiro atoms. The normalized spacial score (nSPS) is 11.3. The van der Waals surface area contributed by atoms with E-state index in [1.54, 1.807) is 26.2 Å². The Morgan fingerprint density at radius 1 is 1.03 bits per heavy atom. The highest BCUT2D eigenvalue weighted by atomic mass is 35.6. The van der Waals surface area contributed by atoms with Crippen LogP contribution in [0.5, 0.6) is 5.75 Å². The smallest absolute Gasteiger partial charge is 0.408 e. The maximum Gasteiger partial charge on any atom is 0.410 e. The highest BCUT2D eigenvalue weighted by Gasteiger charge is 2.29. The number of hydrogen-bond donors (Lipinski definition) is 1. The first kappa shape index (κ1) is 21.3. The van der Waals surface area contributed by atoms with Gasteiger partial charge in [-0.05, 0) is 19.4 Å². The minimum atomic E-state index is -1.63. The van der Waals surface area contributed by atoms with Gasteiger partial charge in [0.1, 0.15) is 11.5 Å². The molecule has 0 aliphatic heterocycles. The predicted octanol–water partition coefficient (Wildman–Crippen LogP) is 5.19. The van der Waals surface area contributed by atoms with Crippen LogP contribution >= 0.6 is 34.8 Å². The van der Waals surface area contributed by atoms with Crippen LogP contribution in [0.3, 0.4) is 0 Å². The largest absolute Gasteiger partial charge is 0.410 e. The first-order valence-corrected chi connectivity index (χ1v) is 9.71. The molecule has 29 heavy (non-hydrogen) atoms. The number of aryl methyl sites for hydroxylation is 1. The third-order valence-electron chi connectivity index (χ3n) is 4.20. The number of ether oxygens (including phenoxy) is 1. The summed E-state index contributed by atoms with van der Waals surface area (Å²) >= 11 is 18.2. The molecule has 0 aliphatic carbocycles. The lowest BCUT2D eigenvalue weighted by molar-refractivity contribution is 0.210. The summed E-state index contributed by atoms with van der Waals surface area (Å²) in [4.78, 5) is 24.8. The van der Waals surface area contributed by atoms with E-state index in [4.69, 9.17) is 50.3 Å². The first-order valence-electron chi connectivity index (χ1n) is 8.57. The summed E-state index contributed by atoms with van der Waals surface area (Å²) in [6, 6.07) is 9.21. The van der Waals surface area contributed by atoms with E-state index in [9.17, 15) is 4.79 Å². The molecule has 2 heterocycles. The van der Waals surface area contributed by atoms with Gasteiger partial charge in [-0.1, -0.05) is 65.1 Å². The third-order valence-corrected chi connectivity index (χ3v) is 4.60. The maximum absolute atomic E-state index is 11.6. The molecule has 1 amide bonds. The Morgan fingerprint density at radius 3 is 2.21 bits per heavy atom. The number of benzene rings is 1. The van der Waals surface area contributed by atoms with Gasteiger partial charge in [-0.15, -0.1) is 0 Å². The highest BCUT2D eigenvalue weighted by Crippen LogP contribution is 2.42. The van der Waals surface area contributed by atoms with E-state index in [0.29, 0.717) is 39.5 Å². The van der Waals surface area contributed by atoms with Crippen LogP contribution in [-0.2, 0) is 6.42 Å². The Balaban J connectivity index is 2.35. The summed E-state index contributed by atoms with van der Waals surface area (Å²) in [6.45, 7) is 3.59. The van der Waals surface area contributed by atoms with Crippen LogP contribution in [0.25, 0.3) is 22.5 Å². The van der Waals surface area contributed by atoms with Gasteiger partial charge in [0.2, 0.25) is 0 Å². The van der Waals surface area contributed by atoms with Gasteiger partial charge in [-0.2, -0.15) is 0 Å². The average molecular weight is 452 g/mol. The van der Waals surface area contributed by atoms with Crippen molar-refractivity contribution in [1.29, 1.82) is 0 Å². The molecule has 0 atom stereocenters. The quantitative estimate of drug-likeness (QED) is 0.551. The number of alkyl halides is 3. The van der Waals surface area contributed by atoms with Crippen LogP contribution in [0.15, 0.2) is 42.7 Å². The topological polar surface area (TPSA) is 91.0 Å². The first-order chi connectivity index (χ1) is 13.7. The van der Waals surface area contributed by atoms with E-state index in [2.05, 4.69) is 9.97 Å². The molecule has 2 N–H and O–H groups in total. The molecular weight excluding hydrogens is 435 g/mol. The van der Waals surface area contributed by atoms with Crippen LogP contribution in [0.4, 0.5) is 4.79 Å². The lowest BCUT2D eigenvalue weighted by Crippen LogP contribution is -2.20. The molecule has 1 aromatic carbocycles. The number of amides is 1. The second-order valence-electron chi connectivity index (χ2n) is 6.34. The van der Waals surface area contributed by atoms with Gasteiger partial charge in [-0.25, -0.2) is 19.7 Å². The van der Waals surface area contributed by atoms with Crippen molar-refractivity contribution in [3.63, 3.8) is 0 Å². The molecule has 0 saturated carbocycles. The minimum absolute atomic E-state index is 0.0197.